The molecule has 1 saturated heterocycles. The molecule has 2 rings (SSSR count). The first-order chi connectivity index (χ1) is 9.00. The molecule has 0 amide bonds. The van der Waals surface area contributed by atoms with Gasteiger partial charge in [0.2, 0.25) is 11.8 Å². The van der Waals surface area contributed by atoms with Gasteiger partial charge in [-0.2, -0.15) is 4.98 Å². The smallest absolute Gasteiger partial charge is 0.241 e. The highest BCUT2D eigenvalue weighted by molar-refractivity contribution is 5.29. The third-order valence-electron chi connectivity index (χ3n) is 3.83. The summed E-state index contributed by atoms with van der Waals surface area (Å²) in [7, 11) is 5.10. The van der Waals surface area contributed by atoms with Gasteiger partial charge in [0.05, 0.1) is 20.4 Å². The number of aliphatic hydroxyl groups is 1. The number of piperidine rings is 1. The molecule has 0 spiro atoms. The van der Waals surface area contributed by atoms with Crippen molar-refractivity contribution in [2.24, 2.45) is 0 Å². The van der Waals surface area contributed by atoms with Gasteiger partial charge in [-0.25, -0.2) is 4.98 Å². The van der Waals surface area contributed by atoms with E-state index in [1.165, 1.54) is 20.4 Å². The van der Waals surface area contributed by atoms with Gasteiger partial charge in [-0.05, 0) is 26.8 Å². The fourth-order valence-corrected chi connectivity index (χ4v) is 2.46. The molecule has 19 heavy (non-hydrogen) atoms. The topological polar surface area (TPSA) is 67.7 Å². The van der Waals surface area contributed by atoms with E-state index in [9.17, 15) is 5.11 Å². The van der Waals surface area contributed by atoms with Crippen LogP contribution in [0.15, 0.2) is 6.20 Å². The minimum Gasteiger partial charge on any atom is -0.480 e. The number of methoxy groups -OCH3 is 2. The second-order valence-corrected chi connectivity index (χ2v) is 5.09. The summed E-state index contributed by atoms with van der Waals surface area (Å²) in [5.74, 6) is 0.712. The van der Waals surface area contributed by atoms with Crippen molar-refractivity contribution in [3.63, 3.8) is 0 Å². The number of rotatable bonds is 3. The zero-order valence-electron chi connectivity index (χ0n) is 11.9. The number of hydrogen-bond acceptors (Lipinski definition) is 6. The Morgan fingerprint density at radius 1 is 1.42 bits per heavy atom. The van der Waals surface area contributed by atoms with Gasteiger partial charge in [-0.15, -0.1) is 0 Å². The molecule has 1 N–H and O–H groups in total. The molecular formula is C13H21N3O3. The molecule has 0 bridgehead atoms. The summed E-state index contributed by atoms with van der Waals surface area (Å²) >= 11 is 0. The van der Waals surface area contributed by atoms with E-state index in [2.05, 4.69) is 28.8 Å². The Bertz CT molecular complexity index is 455. The van der Waals surface area contributed by atoms with E-state index in [1.54, 1.807) is 0 Å². The molecule has 0 saturated carbocycles. The fraction of sp³-hybridized carbons (Fsp3) is 0.692. The van der Waals surface area contributed by atoms with E-state index in [-0.39, 0.29) is 6.04 Å². The van der Waals surface area contributed by atoms with Crippen molar-refractivity contribution in [2.45, 2.75) is 31.4 Å². The van der Waals surface area contributed by atoms with Crippen molar-refractivity contribution in [3.05, 3.63) is 11.9 Å². The van der Waals surface area contributed by atoms with Gasteiger partial charge >= 0.3 is 0 Å². The van der Waals surface area contributed by atoms with Gasteiger partial charge in [-0.1, -0.05) is 0 Å². The van der Waals surface area contributed by atoms with Gasteiger partial charge in [0, 0.05) is 12.6 Å². The minimum atomic E-state index is -0.990. The van der Waals surface area contributed by atoms with Crippen LogP contribution >= 0.6 is 0 Å². The molecule has 1 fully saturated rings. The van der Waals surface area contributed by atoms with E-state index < -0.39 is 5.60 Å². The Hall–Kier alpha value is -1.40. The predicted octanol–water partition coefficient (Wildman–Crippen LogP) is 0.795. The summed E-state index contributed by atoms with van der Waals surface area (Å²) in [6.45, 7) is 2.90. The Morgan fingerprint density at radius 3 is 2.74 bits per heavy atom. The number of nitrogens with zero attached hydrogens (tertiary/aromatic N) is 3. The van der Waals surface area contributed by atoms with Gasteiger partial charge < -0.3 is 19.5 Å². The molecule has 0 aromatic carbocycles. The monoisotopic (exact) mass is 267 g/mol. The molecule has 1 aliphatic rings. The first kappa shape index (κ1) is 14.0. The zero-order valence-corrected chi connectivity index (χ0v) is 11.9. The zero-order chi connectivity index (χ0) is 14.0. The highest BCUT2D eigenvalue weighted by Gasteiger charge is 2.40. The van der Waals surface area contributed by atoms with E-state index in [0.717, 1.165) is 6.54 Å². The van der Waals surface area contributed by atoms with Crippen LogP contribution in [0.4, 0.5) is 0 Å². The van der Waals surface area contributed by atoms with Crippen molar-refractivity contribution >= 4 is 0 Å². The van der Waals surface area contributed by atoms with Crippen LogP contribution in [0.1, 0.15) is 25.5 Å². The highest BCUT2D eigenvalue weighted by Crippen LogP contribution is 2.38. The fourth-order valence-electron chi connectivity index (χ4n) is 2.46. The standard InChI is InChI=1S/C13H21N3O3/c1-9-7-13(17,5-6-16(9)2)11-12(19-4)15-10(18-3)8-14-11/h8-9,17H,5-7H2,1-4H3. The molecule has 6 nitrogen and oxygen atoms in total. The summed E-state index contributed by atoms with van der Waals surface area (Å²) in [4.78, 5) is 10.7. The quantitative estimate of drug-likeness (QED) is 0.873. The maximum atomic E-state index is 10.9. The second-order valence-electron chi connectivity index (χ2n) is 5.09. The Balaban J connectivity index is 2.35. The maximum Gasteiger partial charge on any atom is 0.241 e. The Kier molecular flexibility index (Phi) is 3.91. The van der Waals surface area contributed by atoms with E-state index in [0.29, 0.717) is 30.3 Å². The lowest BCUT2D eigenvalue weighted by Gasteiger charge is -2.40. The summed E-state index contributed by atoms with van der Waals surface area (Å²) in [6, 6.07) is 0.285. The molecular weight excluding hydrogens is 246 g/mol. The Morgan fingerprint density at radius 2 is 2.16 bits per heavy atom. The lowest BCUT2D eigenvalue weighted by atomic mass is 9.84. The average Bonchev–Trinajstić information content (AvgIpc) is 2.42. The Labute approximate surface area is 113 Å². The summed E-state index contributed by atoms with van der Waals surface area (Å²) in [6.07, 6.45) is 2.74. The highest BCUT2D eigenvalue weighted by atomic mass is 16.5. The van der Waals surface area contributed by atoms with Crippen molar-refractivity contribution in [3.8, 4) is 11.8 Å². The van der Waals surface area contributed by atoms with Crippen LogP contribution < -0.4 is 9.47 Å². The summed E-state index contributed by atoms with van der Waals surface area (Å²) < 4.78 is 10.3. The van der Waals surface area contributed by atoms with Crippen molar-refractivity contribution in [2.75, 3.05) is 27.8 Å². The third kappa shape index (κ3) is 2.64. The number of likely N-dealkylation sites (tertiary alicyclic amines) is 1. The average molecular weight is 267 g/mol. The molecule has 1 aliphatic heterocycles. The number of hydrogen-bond donors (Lipinski definition) is 1. The van der Waals surface area contributed by atoms with Crippen molar-refractivity contribution in [1.29, 1.82) is 0 Å². The SMILES string of the molecule is COc1cnc(C2(O)CCN(C)C(C)C2)c(OC)n1. The molecule has 1 aromatic heterocycles. The molecule has 1 aromatic rings. The van der Waals surface area contributed by atoms with Gasteiger partial charge in [0.15, 0.2) is 0 Å². The molecule has 2 atom stereocenters. The third-order valence-corrected chi connectivity index (χ3v) is 3.83. The lowest BCUT2D eigenvalue weighted by Crippen LogP contribution is -2.46. The van der Waals surface area contributed by atoms with E-state index >= 15 is 0 Å². The van der Waals surface area contributed by atoms with E-state index in [4.69, 9.17) is 9.47 Å². The molecule has 6 heteroatoms. The molecule has 0 radical (unpaired) electrons. The van der Waals surface area contributed by atoms with Crippen molar-refractivity contribution in [1.82, 2.24) is 14.9 Å². The van der Waals surface area contributed by atoms with E-state index in [1.807, 2.05) is 0 Å². The van der Waals surface area contributed by atoms with Crippen LogP contribution in [0.25, 0.3) is 0 Å². The lowest BCUT2D eigenvalue weighted by molar-refractivity contribution is -0.0460. The molecule has 106 valence electrons. The van der Waals surface area contributed by atoms with Gasteiger partial charge in [0.25, 0.3) is 0 Å². The van der Waals surface area contributed by atoms with Gasteiger partial charge in [0.1, 0.15) is 11.3 Å². The van der Waals surface area contributed by atoms with Gasteiger partial charge in [-0.3, -0.25) is 0 Å². The van der Waals surface area contributed by atoms with Crippen LogP contribution in [0.5, 0.6) is 11.8 Å². The van der Waals surface area contributed by atoms with Crippen LogP contribution in [-0.2, 0) is 5.60 Å². The normalized spacial score (nSPS) is 28.2. The van der Waals surface area contributed by atoms with Crippen molar-refractivity contribution < 1.29 is 14.6 Å². The minimum absolute atomic E-state index is 0.285. The molecule has 2 unspecified atom stereocenters. The largest absolute Gasteiger partial charge is 0.480 e. The first-order valence-electron chi connectivity index (χ1n) is 6.38. The molecule has 2 heterocycles. The van der Waals surface area contributed by atoms with Crippen LogP contribution in [0, 0.1) is 0 Å². The summed E-state index contributed by atoms with van der Waals surface area (Å²) in [5.41, 5.74) is -0.493. The van der Waals surface area contributed by atoms with Crippen LogP contribution in [0.3, 0.4) is 0 Å². The summed E-state index contributed by atoms with van der Waals surface area (Å²) in [5, 5.41) is 10.9. The van der Waals surface area contributed by atoms with Crippen LogP contribution in [-0.4, -0.2) is 53.8 Å². The maximum absolute atomic E-state index is 10.9. The molecule has 0 aliphatic carbocycles. The number of aromatic nitrogens is 2. The first-order valence-corrected chi connectivity index (χ1v) is 6.38. The number of ether oxygens (including phenoxy) is 2. The second kappa shape index (κ2) is 5.30. The predicted molar refractivity (Wildman–Crippen MR) is 70.4 cm³/mol. The van der Waals surface area contributed by atoms with Crippen LogP contribution in [0.2, 0.25) is 0 Å².